The van der Waals surface area contributed by atoms with Gasteiger partial charge in [0.05, 0.1) is 33.8 Å². The molecule has 0 fully saturated rings. The molecule has 2 N–H and O–H groups in total. The molecule has 3 heterocycles. The average molecular weight is 419 g/mol. The quantitative estimate of drug-likeness (QED) is 0.485. The molecule has 0 aliphatic rings. The lowest BCUT2D eigenvalue weighted by molar-refractivity contribution is 0.564. The van der Waals surface area contributed by atoms with Gasteiger partial charge in [0.25, 0.3) is 0 Å². The van der Waals surface area contributed by atoms with Crippen LogP contribution in [0.25, 0.3) is 16.9 Å². The lowest BCUT2D eigenvalue weighted by atomic mass is 10.2. The molecule has 7 nitrogen and oxygen atoms in total. The Morgan fingerprint density at radius 2 is 2.04 bits per heavy atom. The first kappa shape index (κ1) is 16.0. The number of halogens is 1. The van der Waals surface area contributed by atoms with Crippen LogP contribution in [0.2, 0.25) is 0 Å². The molecule has 0 bridgehead atoms. The summed E-state index contributed by atoms with van der Waals surface area (Å²) in [4.78, 5) is 4.94. The van der Waals surface area contributed by atoms with Gasteiger partial charge in [-0.1, -0.05) is 0 Å². The maximum Gasteiger partial charge on any atom is 0.186 e. The topological polar surface area (TPSA) is 92.7 Å². The Morgan fingerprint density at radius 1 is 1.24 bits per heavy atom. The Balaban J connectivity index is 1.79. The van der Waals surface area contributed by atoms with Gasteiger partial charge in [-0.15, -0.1) is 0 Å². The number of anilines is 2. The highest BCUT2D eigenvalue weighted by Crippen LogP contribution is 2.28. The van der Waals surface area contributed by atoms with Crippen molar-refractivity contribution >= 4 is 44.2 Å². The molecule has 3 aromatic heterocycles. The Kier molecular flexibility index (Phi) is 4.12. The van der Waals surface area contributed by atoms with Crippen LogP contribution in [0.4, 0.5) is 11.5 Å². The standard InChI is InChI=1S/C16H11BrN4O3S/c17-13-8-18-21-15(19-11-1-3-12(4-2-11)25(22)23)7-14(20-16(13)21)10-5-6-24-9-10/h1-9,19H,(H,22,23). The molecule has 25 heavy (non-hydrogen) atoms. The van der Waals surface area contributed by atoms with Crippen molar-refractivity contribution in [3.05, 3.63) is 59.6 Å². The lowest BCUT2D eigenvalue weighted by Crippen LogP contribution is -2.02. The molecule has 4 aromatic rings. The molecule has 1 unspecified atom stereocenters. The van der Waals surface area contributed by atoms with Crippen LogP contribution < -0.4 is 5.32 Å². The van der Waals surface area contributed by atoms with E-state index in [1.165, 1.54) is 0 Å². The molecule has 0 aliphatic heterocycles. The van der Waals surface area contributed by atoms with Gasteiger partial charge in [-0.25, -0.2) is 9.19 Å². The van der Waals surface area contributed by atoms with E-state index in [0.717, 1.165) is 21.4 Å². The zero-order chi connectivity index (χ0) is 17.4. The Labute approximate surface area is 153 Å². The zero-order valence-electron chi connectivity index (χ0n) is 12.6. The fraction of sp³-hybridized carbons (Fsp3) is 0. The summed E-state index contributed by atoms with van der Waals surface area (Å²) in [5.74, 6) is 0.699. The summed E-state index contributed by atoms with van der Waals surface area (Å²) in [6, 6.07) is 10.3. The third-order valence-corrected chi connectivity index (χ3v) is 4.81. The molecule has 1 atom stereocenters. The number of furan rings is 1. The van der Waals surface area contributed by atoms with Gasteiger partial charge in [0.2, 0.25) is 0 Å². The number of benzene rings is 1. The summed E-state index contributed by atoms with van der Waals surface area (Å²) in [6.45, 7) is 0. The van der Waals surface area contributed by atoms with E-state index in [-0.39, 0.29) is 0 Å². The molecule has 0 radical (unpaired) electrons. The minimum absolute atomic E-state index is 0.339. The van der Waals surface area contributed by atoms with E-state index >= 15 is 0 Å². The van der Waals surface area contributed by atoms with Crippen LogP contribution in [0.15, 0.2) is 68.9 Å². The van der Waals surface area contributed by atoms with E-state index in [4.69, 9.17) is 8.97 Å². The van der Waals surface area contributed by atoms with Crippen molar-refractivity contribution in [2.24, 2.45) is 0 Å². The molecule has 0 aliphatic carbocycles. The van der Waals surface area contributed by atoms with Crippen LogP contribution in [0, 0.1) is 0 Å². The monoisotopic (exact) mass is 418 g/mol. The summed E-state index contributed by atoms with van der Waals surface area (Å²) >= 11 is 1.45. The molecular weight excluding hydrogens is 408 g/mol. The highest BCUT2D eigenvalue weighted by atomic mass is 79.9. The van der Waals surface area contributed by atoms with E-state index < -0.39 is 11.1 Å². The number of hydrogen-bond donors (Lipinski definition) is 2. The first-order chi connectivity index (χ1) is 12.1. The summed E-state index contributed by atoms with van der Waals surface area (Å²) in [6.07, 6.45) is 4.89. The van der Waals surface area contributed by atoms with Crippen molar-refractivity contribution < 1.29 is 13.2 Å². The van der Waals surface area contributed by atoms with Crippen LogP contribution in [0.5, 0.6) is 0 Å². The third-order valence-electron chi connectivity index (χ3n) is 3.57. The van der Waals surface area contributed by atoms with Gasteiger partial charge >= 0.3 is 0 Å². The number of rotatable bonds is 4. The predicted molar refractivity (Wildman–Crippen MR) is 97.2 cm³/mol. The number of hydrogen-bond acceptors (Lipinski definition) is 5. The van der Waals surface area contributed by atoms with Crippen LogP contribution >= 0.6 is 15.9 Å². The Morgan fingerprint density at radius 3 is 2.72 bits per heavy atom. The van der Waals surface area contributed by atoms with Gasteiger partial charge in [-0.05, 0) is 46.3 Å². The van der Waals surface area contributed by atoms with E-state index in [1.807, 2.05) is 12.1 Å². The smallest absolute Gasteiger partial charge is 0.186 e. The number of nitrogens with zero attached hydrogens (tertiary/aromatic N) is 3. The predicted octanol–water partition coefficient (Wildman–Crippen LogP) is 4.08. The van der Waals surface area contributed by atoms with Crippen molar-refractivity contribution in [2.75, 3.05) is 5.32 Å². The molecular formula is C16H11BrN4O3S. The van der Waals surface area contributed by atoms with E-state index in [2.05, 4.69) is 31.3 Å². The largest absolute Gasteiger partial charge is 0.472 e. The second kappa shape index (κ2) is 6.43. The lowest BCUT2D eigenvalue weighted by Gasteiger charge is -2.10. The van der Waals surface area contributed by atoms with Crippen molar-refractivity contribution in [1.29, 1.82) is 0 Å². The first-order valence-corrected chi connectivity index (χ1v) is 9.06. The summed E-state index contributed by atoms with van der Waals surface area (Å²) in [5, 5.41) is 7.57. The second-order valence-corrected chi connectivity index (χ2v) is 6.99. The molecule has 0 amide bonds. The van der Waals surface area contributed by atoms with Gasteiger partial charge in [-0.3, -0.25) is 0 Å². The van der Waals surface area contributed by atoms with E-state index in [0.29, 0.717) is 16.4 Å². The summed E-state index contributed by atoms with van der Waals surface area (Å²) in [5.41, 5.74) is 3.00. The average Bonchev–Trinajstić information content (AvgIpc) is 3.26. The highest BCUT2D eigenvalue weighted by molar-refractivity contribution is 9.10. The maximum atomic E-state index is 11.1. The van der Waals surface area contributed by atoms with Crippen molar-refractivity contribution in [3.63, 3.8) is 0 Å². The van der Waals surface area contributed by atoms with Crippen LogP contribution in [-0.4, -0.2) is 23.4 Å². The van der Waals surface area contributed by atoms with E-state index in [1.54, 1.807) is 47.5 Å². The molecule has 0 saturated carbocycles. The second-order valence-electron chi connectivity index (χ2n) is 5.17. The van der Waals surface area contributed by atoms with Crippen molar-refractivity contribution in [3.8, 4) is 11.3 Å². The number of aromatic nitrogens is 3. The SMILES string of the molecule is O=S(O)c1ccc(Nc2cc(-c3ccoc3)nc3c(Br)cnn23)cc1. The molecule has 0 saturated heterocycles. The first-order valence-electron chi connectivity index (χ1n) is 7.16. The maximum absolute atomic E-state index is 11.1. The van der Waals surface area contributed by atoms with Gasteiger partial charge in [0.15, 0.2) is 16.7 Å². The van der Waals surface area contributed by atoms with Crippen LogP contribution in [-0.2, 0) is 11.1 Å². The summed E-state index contributed by atoms with van der Waals surface area (Å²) in [7, 11) is 0. The van der Waals surface area contributed by atoms with Gasteiger partial charge in [0.1, 0.15) is 5.82 Å². The van der Waals surface area contributed by atoms with Crippen molar-refractivity contribution in [1.82, 2.24) is 14.6 Å². The van der Waals surface area contributed by atoms with Crippen LogP contribution in [0.3, 0.4) is 0 Å². The zero-order valence-corrected chi connectivity index (χ0v) is 15.0. The molecule has 9 heteroatoms. The van der Waals surface area contributed by atoms with Crippen LogP contribution in [0.1, 0.15) is 0 Å². The normalized spacial score (nSPS) is 12.4. The molecule has 1 aromatic carbocycles. The molecule has 0 spiro atoms. The Bertz CT molecular complexity index is 1060. The minimum Gasteiger partial charge on any atom is -0.472 e. The summed E-state index contributed by atoms with van der Waals surface area (Å²) < 4.78 is 27.8. The van der Waals surface area contributed by atoms with Gasteiger partial charge < -0.3 is 14.3 Å². The molecule has 4 rings (SSSR count). The van der Waals surface area contributed by atoms with Gasteiger partial charge in [-0.2, -0.15) is 9.61 Å². The molecule has 126 valence electrons. The third kappa shape index (κ3) is 3.09. The van der Waals surface area contributed by atoms with Crippen molar-refractivity contribution in [2.45, 2.75) is 4.90 Å². The fourth-order valence-corrected chi connectivity index (χ4v) is 3.10. The minimum atomic E-state index is -2.00. The number of fused-ring (bicyclic) bond motifs is 1. The highest BCUT2D eigenvalue weighted by Gasteiger charge is 2.12. The van der Waals surface area contributed by atoms with E-state index in [9.17, 15) is 4.21 Å². The number of nitrogens with one attached hydrogen (secondary N) is 1. The Hall–Kier alpha value is -2.49. The van der Waals surface area contributed by atoms with Gasteiger partial charge in [0, 0.05) is 17.3 Å². The fourth-order valence-electron chi connectivity index (χ4n) is 2.39.